The highest BCUT2D eigenvalue weighted by Crippen LogP contribution is 2.28. The van der Waals surface area contributed by atoms with Gasteiger partial charge in [-0.2, -0.15) is 0 Å². The van der Waals surface area contributed by atoms with Gasteiger partial charge in [-0.05, 0) is 36.6 Å². The topological polar surface area (TPSA) is 49.4 Å². The van der Waals surface area contributed by atoms with Gasteiger partial charge in [0.1, 0.15) is 0 Å². The molecule has 0 bridgehead atoms. The number of nitrogens with one attached hydrogen (secondary N) is 1. The third-order valence-electron chi connectivity index (χ3n) is 4.39. The molecule has 2 aliphatic rings. The molecule has 1 saturated carbocycles. The van der Waals surface area contributed by atoms with Gasteiger partial charge >= 0.3 is 0 Å². The fourth-order valence-electron chi connectivity index (χ4n) is 3.11. The van der Waals surface area contributed by atoms with E-state index < -0.39 is 0 Å². The Morgan fingerprint density at radius 2 is 2.10 bits per heavy atom. The van der Waals surface area contributed by atoms with Crippen molar-refractivity contribution in [2.24, 2.45) is 0 Å². The number of amides is 1. The Morgan fingerprint density at radius 3 is 2.85 bits per heavy atom. The Balaban J connectivity index is 1.67. The van der Waals surface area contributed by atoms with Gasteiger partial charge < -0.3 is 10.2 Å². The highest BCUT2D eigenvalue weighted by atomic mass is 16.2. The molecule has 0 unspecified atom stereocenters. The summed E-state index contributed by atoms with van der Waals surface area (Å²) in [6.45, 7) is 0.396. The van der Waals surface area contributed by atoms with E-state index in [1.165, 1.54) is 25.7 Å². The number of carbonyl (C=O) groups is 2. The quantitative estimate of drug-likeness (QED) is 0.852. The molecule has 3 rings (SSSR count). The van der Waals surface area contributed by atoms with Crippen LogP contribution in [0.5, 0.6) is 0 Å². The van der Waals surface area contributed by atoms with Gasteiger partial charge in [0.15, 0.2) is 5.78 Å². The smallest absolute Gasteiger partial charge is 0.231 e. The van der Waals surface area contributed by atoms with E-state index in [-0.39, 0.29) is 11.7 Å². The van der Waals surface area contributed by atoms with Gasteiger partial charge in [-0.25, -0.2) is 0 Å². The van der Waals surface area contributed by atoms with Crippen LogP contribution in [0.3, 0.4) is 0 Å². The van der Waals surface area contributed by atoms with E-state index in [1.54, 1.807) is 11.9 Å². The van der Waals surface area contributed by atoms with Gasteiger partial charge in [-0.15, -0.1) is 0 Å². The summed E-state index contributed by atoms with van der Waals surface area (Å²) in [6, 6.07) is 6.08. The maximum Gasteiger partial charge on any atom is 0.231 e. The first kappa shape index (κ1) is 13.3. The molecule has 1 fully saturated rings. The number of hydrogen-bond donors (Lipinski definition) is 1. The number of rotatable bonds is 4. The third kappa shape index (κ3) is 2.48. The molecule has 106 valence electrons. The number of ketones is 1. The first-order chi connectivity index (χ1) is 9.65. The predicted molar refractivity (Wildman–Crippen MR) is 78.1 cm³/mol. The van der Waals surface area contributed by atoms with Crippen LogP contribution in [0.4, 0.5) is 5.69 Å². The van der Waals surface area contributed by atoms with E-state index in [0.717, 1.165) is 11.3 Å². The first-order valence-corrected chi connectivity index (χ1v) is 7.31. The normalized spacial score (nSPS) is 18.6. The molecule has 1 aromatic rings. The lowest BCUT2D eigenvalue weighted by Gasteiger charge is -2.12. The molecule has 0 atom stereocenters. The lowest BCUT2D eigenvalue weighted by molar-refractivity contribution is -0.117. The second-order valence-electron chi connectivity index (χ2n) is 5.76. The molecule has 1 aliphatic heterocycles. The SMILES string of the molecule is CN1C(=O)Cc2cc(C(=O)CNC3CCCC3)ccc21. The molecule has 0 spiro atoms. The molecule has 0 saturated heterocycles. The zero-order valence-electron chi connectivity index (χ0n) is 11.8. The molecule has 4 nitrogen and oxygen atoms in total. The minimum Gasteiger partial charge on any atom is -0.315 e. The van der Waals surface area contributed by atoms with Crippen molar-refractivity contribution in [3.05, 3.63) is 29.3 Å². The zero-order valence-corrected chi connectivity index (χ0v) is 11.8. The molecule has 1 N–H and O–H groups in total. The molecule has 1 aromatic carbocycles. The van der Waals surface area contributed by atoms with E-state index in [2.05, 4.69) is 5.32 Å². The Kier molecular flexibility index (Phi) is 3.57. The summed E-state index contributed by atoms with van der Waals surface area (Å²) in [5, 5.41) is 3.34. The van der Waals surface area contributed by atoms with Crippen LogP contribution in [0, 0.1) is 0 Å². The van der Waals surface area contributed by atoms with Gasteiger partial charge in [-0.3, -0.25) is 9.59 Å². The fourth-order valence-corrected chi connectivity index (χ4v) is 3.11. The van der Waals surface area contributed by atoms with Crippen molar-refractivity contribution < 1.29 is 9.59 Å². The summed E-state index contributed by atoms with van der Waals surface area (Å²) in [4.78, 5) is 25.5. The highest BCUT2D eigenvalue weighted by molar-refractivity contribution is 6.03. The van der Waals surface area contributed by atoms with Crippen molar-refractivity contribution >= 4 is 17.4 Å². The van der Waals surface area contributed by atoms with Gasteiger partial charge in [0.25, 0.3) is 0 Å². The largest absolute Gasteiger partial charge is 0.315 e. The predicted octanol–water partition coefficient (Wildman–Crippen LogP) is 1.92. The molecule has 20 heavy (non-hydrogen) atoms. The van der Waals surface area contributed by atoms with Crippen LogP contribution in [0.25, 0.3) is 0 Å². The second kappa shape index (κ2) is 5.37. The molecule has 0 aromatic heterocycles. The van der Waals surface area contributed by atoms with Crippen molar-refractivity contribution in [2.45, 2.75) is 38.1 Å². The van der Waals surface area contributed by atoms with E-state index in [0.29, 0.717) is 24.6 Å². The molecular weight excluding hydrogens is 252 g/mol. The van der Waals surface area contributed by atoms with Crippen molar-refractivity contribution in [3.63, 3.8) is 0 Å². The van der Waals surface area contributed by atoms with Gasteiger partial charge in [0.2, 0.25) is 5.91 Å². The summed E-state index contributed by atoms with van der Waals surface area (Å²) in [7, 11) is 1.78. The van der Waals surface area contributed by atoms with E-state index in [4.69, 9.17) is 0 Å². The van der Waals surface area contributed by atoms with Gasteiger partial charge in [0.05, 0.1) is 13.0 Å². The zero-order chi connectivity index (χ0) is 14.1. The number of Topliss-reactive ketones (excluding diaryl/α,β-unsaturated/α-hetero) is 1. The van der Waals surface area contributed by atoms with Crippen LogP contribution in [-0.2, 0) is 11.2 Å². The number of benzene rings is 1. The summed E-state index contributed by atoms with van der Waals surface area (Å²) in [5.41, 5.74) is 2.59. The second-order valence-corrected chi connectivity index (χ2v) is 5.76. The van der Waals surface area contributed by atoms with E-state index in [1.807, 2.05) is 18.2 Å². The molecule has 4 heteroatoms. The number of likely N-dealkylation sites (N-methyl/N-ethyl adjacent to an activating group) is 1. The number of carbonyl (C=O) groups excluding carboxylic acids is 2. The van der Waals surface area contributed by atoms with Crippen LogP contribution >= 0.6 is 0 Å². The highest BCUT2D eigenvalue weighted by Gasteiger charge is 2.25. The minimum absolute atomic E-state index is 0.0914. The van der Waals surface area contributed by atoms with Crippen molar-refractivity contribution in [3.8, 4) is 0 Å². The minimum atomic E-state index is 0.0914. The summed E-state index contributed by atoms with van der Waals surface area (Å²) in [5.74, 6) is 0.204. The first-order valence-electron chi connectivity index (χ1n) is 7.31. The van der Waals surface area contributed by atoms with Crippen LogP contribution in [-0.4, -0.2) is 31.3 Å². The van der Waals surface area contributed by atoms with Crippen molar-refractivity contribution in [1.82, 2.24) is 5.32 Å². The number of fused-ring (bicyclic) bond motifs is 1. The maximum absolute atomic E-state index is 12.2. The van der Waals surface area contributed by atoms with Crippen LogP contribution in [0.1, 0.15) is 41.6 Å². The summed E-state index contributed by atoms with van der Waals surface area (Å²) < 4.78 is 0. The molecule has 1 amide bonds. The van der Waals surface area contributed by atoms with Crippen molar-refractivity contribution in [2.75, 3.05) is 18.5 Å². The number of anilines is 1. The number of nitrogens with zero attached hydrogens (tertiary/aromatic N) is 1. The lowest BCUT2D eigenvalue weighted by Crippen LogP contribution is -2.31. The maximum atomic E-state index is 12.2. The van der Waals surface area contributed by atoms with Crippen LogP contribution < -0.4 is 10.2 Å². The van der Waals surface area contributed by atoms with Crippen molar-refractivity contribution in [1.29, 1.82) is 0 Å². The average molecular weight is 272 g/mol. The fraction of sp³-hybridized carbons (Fsp3) is 0.500. The summed E-state index contributed by atoms with van der Waals surface area (Å²) in [6.07, 6.45) is 5.29. The Morgan fingerprint density at radius 1 is 1.35 bits per heavy atom. The molecule has 1 aliphatic carbocycles. The Labute approximate surface area is 119 Å². The Bertz CT molecular complexity index is 547. The monoisotopic (exact) mass is 272 g/mol. The molecule has 0 radical (unpaired) electrons. The number of hydrogen-bond acceptors (Lipinski definition) is 3. The van der Waals surface area contributed by atoms with E-state index in [9.17, 15) is 9.59 Å². The summed E-state index contributed by atoms with van der Waals surface area (Å²) >= 11 is 0. The van der Waals surface area contributed by atoms with Crippen LogP contribution in [0.15, 0.2) is 18.2 Å². The van der Waals surface area contributed by atoms with Crippen LogP contribution in [0.2, 0.25) is 0 Å². The lowest BCUT2D eigenvalue weighted by atomic mass is 10.0. The third-order valence-corrected chi connectivity index (χ3v) is 4.39. The van der Waals surface area contributed by atoms with E-state index >= 15 is 0 Å². The molecular formula is C16H20N2O2. The van der Waals surface area contributed by atoms with Gasteiger partial charge in [0, 0.05) is 24.3 Å². The molecule has 1 heterocycles. The average Bonchev–Trinajstić information content (AvgIpc) is 3.05. The standard InChI is InChI=1S/C16H20N2O2/c1-18-14-7-6-11(8-12(14)9-16(18)20)15(19)10-17-13-4-2-3-5-13/h6-8,13,17H,2-5,9-10H2,1H3. The Hall–Kier alpha value is -1.68. The van der Waals surface area contributed by atoms with Gasteiger partial charge in [-0.1, -0.05) is 12.8 Å².